The number of aromatic hydroxyl groups is 1. The number of hydrogen-bond acceptors (Lipinski definition) is 6. The summed E-state index contributed by atoms with van der Waals surface area (Å²) in [5.74, 6) is 1.47. The summed E-state index contributed by atoms with van der Waals surface area (Å²) < 4.78 is 30.9. The van der Waals surface area contributed by atoms with Crippen LogP contribution in [0.1, 0.15) is 18.4 Å². The predicted octanol–water partition coefficient (Wildman–Crippen LogP) is 4.34. The summed E-state index contributed by atoms with van der Waals surface area (Å²) in [5, 5.41) is 15.1. The monoisotopic (exact) mass is 510 g/mol. The highest BCUT2D eigenvalue weighted by Gasteiger charge is 2.20. The number of piperidine rings is 1. The number of rotatable bonds is 8. The van der Waals surface area contributed by atoms with Gasteiger partial charge in [0.1, 0.15) is 17.2 Å². The van der Waals surface area contributed by atoms with Crippen molar-refractivity contribution in [3.05, 3.63) is 78.4 Å². The minimum atomic E-state index is -3.31. The van der Waals surface area contributed by atoms with E-state index in [0.717, 1.165) is 38.7 Å². The number of sulfonamides is 1. The topological polar surface area (TPSA) is 120 Å². The number of amides is 2. The molecule has 190 valence electrons. The second-order valence-electron chi connectivity index (χ2n) is 8.84. The molecule has 4 rings (SSSR count). The Bertz CT molecular complexity index is 1260. The van der Waals surface area contributed by atoms with E-state index in [9.17, 15) is 18.3 Å². The number of nitrogens with one attached hydrogen (secondary N) is 3. The van der Waals surface area contributed by atoms with Crippen LogP contribution in [0.4, 0.5) is 16.2 Å². The highest BCUT2D eigenvalue weighted by Crippen LogP contribution is 2.24. The molecule has 0 aromatic heterocycles. The second kappa shape index (κ2) is 11.3. The summed E-state index contributed by atoms with van der Waals surface area (Å²) >= 11 is 0. The van der Waals surface area contributed by atoms with Gasteiger partial charge in [-0.25, -0.2) is 13.2 Å². The molecule has 0 spiro atoms. The Morgan fingerprint density at radius 2 is 1.47 bits per heavy atom. The van der Waals surface area contributed by atoms with E-state index in [2.05, 4.69) is 20.3 Å². The van der Waals surface area contributed by atoms with E-state index in [1.165, 1.54) is 17.7 Å². The van der Waals surface area contributed by atoms with Gasteiger partial charge >= 0.3 is 6.03 Å². The van der Waals surface area contributed by atoms with Crippen LogP contribution in [0.2, 0.25) is 0 Å². The van der Waals surface area contributed by atoms with Crippen molar-refractivity contribution in [3.8, 4) is 17.2 Å². The number of benzene rings is 3. The van der Waals surface area contributed by atoms with E-state index < -0.39 is 10.0 Å². The number of ether oxygens (including phenoxy) is 1. The van der Waals surface area contributed by atoms with Crippen LogP contribution in [-0.4, -0.2) is 49.8 Å². The van der Waals surface area contributed by atoms with Crippen LogP contribution in [0.3, 0.4) is 0 Å². The van der Waals surface area contributed by atoms with Gasteiger partial charge in [-0.15, -0.1) is 0 Å². The molecule has 36 heavy (non-hydrogen) atoms. The smallest absolute Gasteiger partial charge is 0.319 e. The fraction of sp³-hybridized carbons (Fsp3) is 0.269. The highest BCUT2D eigenvalue weighted by atomic mass is 32.2. The summed E-state index contributed by atoms with van der Waals surface area (Å²) in [6, 6.07) is 20.9. The lowest BCUT2D eigenvalue weighted by atomic mass is 10.0. The molecule has 9 nitrogen and oxygen atoms in total. The van der Waals surface area contributed by atoms with Crippen LogP contribution in [-0.2, 0) is 16.6 Å². The zero-order chi connectivity index (χ0) is 25.5. The lowest BCUT2D eigenvalue weighted by molar-refractivity contribution is 0.190. The second-order valence-corrected chi connectivity index (χ2v) is 10.6. The summed E-state index contributed by atoms with van der Waals surface area (Å²) in [7, 11) is -3.31. The van der Waals surface area contributed by atoms with Crippen molar-refractivity contribution in [1.82, 2.24) is 10.2 Å². The molecule has 1 fully saturated rings. The lowest BCUT2D eigenvalue weighted by Crippen LogP contribution is -2.45. The summed E-state index contributed by atoms with van der Waals surface area (Å²) in [5.41, 5.74) is 2.29. The molecular formula is C26H30N4O5S. The van der Waals surface area contributed by atoms with Gasteiger partial charge < -0.3 is 20.5 Å². The number of phenolic OH excluding ortho intramolecular Hbond substituents is 1. The molecule has 0 aliphatic carbocycles. The molecule has 3 aromatic rings. The summed E-state index contributed by atoms with van der Waals surface area (Å²) in [6.45, 7) is 2.59. The maximum atomic E-state index is 12.2. The number of hydrogen-bond donors (Lipinski definition) is 4. The Kier molecular flexibility index (Phi) is 7.97. The average Bonchev–Trinajstić information content (AvgIpc) is 2.83. The van der Waals surface area contributed by atoms with Crippen LogP contribution < -0.4 is 20.1 Å². The van der Waals surface area contributed by atoms with E-state index >= 15 is 0 Å². The number of urea groups is 1. The van der Waals surface area contributed by atoms with Crippen molar-refractivity contribution in [2.24, 2.45) is 0 Å². The van der Waals surface area contributed by atoms with Gasteiger partial charge in [-0.05, 0) is 79.1 Å². The molecule has 3 aromatic carbocycles. The van der Waals surface area contributed by atoms with E-state index in [1.807, 2.05) is 24.3 Å². The van der Waals surface area contributed by atoms with Gasteiger partial charge in [-0.2, -0.15) is 0 Å². The van der Waals surface area contributed by atoms with Gasteiger partial charge in [0.2, 0.25) is 10.0 Å². The molecule has 0 saturated carbocycles. The van der Waals surface area contributed by atoms with E-state index in [-0.39, 0.29) is 17.8 Å². The van der Waals surface area contributed by atoms with Crippen molar-refractivity contribution < 1.29 is 23.1 Å². The van der Waals surface area contributed by atoms with Crippen LogP contribution in [0.15, 0.2) is 72.8 Å². The summed E-state index contributed by atoms with van der Waals surface area (Å²) in [6.07, 6.45) is 2.85. The Hall–Kier alpha value is -3.76. The Labute approximate surface area is 211 Å². The molecule has 0 radical (unpaired) electrons. The minimum absolute atomic E-state index is 0.119. The molecule has 2 amide bonds. The average molecular weight is 511 g/mol. The van der Waals surface area contributed by atoms with Crippen LogP contribution >= 0.6 is 0 Å². The SMILES string of the molecule is CS(=O)(=O)Nc1ccc(Oc2ccc(CN3CCC(NC(=O)Nc4ccc(O)cc4)CC3)cc2)cc1. The molecular weight excluding hydrogens is 480 g/mol. The molecule has 1 saturated heterocycles. The molecule has 1 heterocycles. The normalized spacial score (nSPS) is 14.7. The predicted molar refractivity (Wildman–Crippen MR) is 140 cm³/mol. The zero-order valence-electron chi connectivity index (χ0n) is 20.0. The van der Waals surface area contributed by atoms with Gasteiger partial charge in [0, 0.05) is 37.1 Å². The van der Waals surface area contributed by atoms with Gasteiger partial charge in [0.05, 0.1) is 6.26 Å². The van der Waals surface area contributed by atoms with Crippen molar-refractivity contribution in [3.63, 3.8) is 0 Å². The van der Waals surface area contributed by atoms with Crippen molar-refractivity contribution >= 4 is 27.4 Å². The fourth-order valence-corrected chi connectivity index (χ4v) is 4.56. The quantitative estimate of drug-likeness (QED) is 0.335. The molecule has 0 unspecified atom stereocenters. The van der Waals surface area contributed by atoms with Gasteiger partial charge in [0.25, 0.3) is 0 Å². The Morgan fingerprint density at radius 1 is 0.917 bits per heavy atom. The van der Waals surface area contributed by atoms with Crippen molar-refractivity contribution in [2.45, 2.75) is 25.4 Å². The van der Waals surface area contributed by atoms with E-state index in [1.54, 1.807) is 36.4 Å². The van der Waals surface area contributed by atoms with Gasteiger partial charge in [-0.3, -0.25) is 9.62 Å². The fourth-order valence-electron chi connectivity index (χ4n) is 4.00. The maximum absolute atomic E-state index is 12.2. The minimum Gasteiger partial charge on any atom is -0.508 e. The molecule has 0 bridgehead atoms. The van der Waals surface area contributed by atoms with Crippen molar-refractivity contribution in [2.75, 3.05) is 29.4 Å². The first-order chi connectivity index (χ1) is 17.2. The number of carbonyl (C=O) groups is 1. The first-order valence-electron chi connectivity index (χ1n) is 11.7. The summed E-state index contributed by atoms with van der Waals surface area (Å²) in [4.78, 5) is 14.6. The standard InChI is InChI=1S/C26H30N4O5S/c1-36(33,34)29-22-6-12-25(13-7-22)35-24-10-2-19(3-11-24)18-30-16-14-21(15-17-30)28-26(32)27-20-4-8-23(31)9-5-20/h2-13,21,29,31H,14-18H2,1H3,(H2,27,28,32). The molecule has 10 heteroatoms. The van der Waals surface area contributed by atoms with E-state index in [4.69, 9.17) is 4.74 Å². The van der Waals surface area contributed by atoms with Gasteiger partial charge in [0.15, 0.2) is 0 Å². The van der Waals surface area contributed by atoms with Gasteiger partial charge in [-0.1, -0.05) is 12.1 Å². The van der Waals surface area contributed by atoms with E-state index in [0.29, 0.717) is 22.9 Å². The molecule has 4 N–H and O–H groups in total. The van der Waals surface area contributed by atoms with Crippen LogP contribution in [0.25, 0.3) is 0 Å². The first kappa shape index (κ1) is 25.3. The lowest BCUT2D eigenvalue weighted by Gasteiger charge is -2.32. The largest absolute Gasteiger partial charge is 0.508 e. The first-order valence-corrected chi connectivity index (χ1v) is 13.5. The Balaban J connectivity index is 1.20. The molecule has 0 atom stereocenters. The third-order valence-electron chi connectivity index (χ3n) is 5.77. The third kappa shape index (κ3) is 7.89. The highest BCUT2D eigenvalue weighted by molar-refractivity contribution is 7.92. The number of nitrogens with zero attached hydrogens (tertiary/aromatic N) is 1. The number of anilines is 2. The molecule has 1 aliphatic rings. The molecule has 1 aliphatic heterocycles. The third-order valence-corrected chi connectivity index (χ3v) is 6.38. The number of likely N-dealkylation sites (tertiary alicyclic amines) is 1. The zero-order valence-corrected chi connectivity index (χ0v) is 20.8. The number of carbonyl (C=O) groups excluding carboxylic acids is 1. The Morgan fingerprint density at radius 3 is 2.06 bits per heavy atom. The van der Waals surface area contributed by atoms with Crippen LogP contribution in [0.5, 0.6) is 17.2 Å². The van der Waals surface area contributed by atoms with Crippen LogP contribution in [0, 0.1) is 0 Å². The maximum Gasteiger partial charge on any atom is 0.319 e. The number of phenols is 1. The van der Waals surface area contributed by atoms with Crippen molar-refractivity contribution in [1.29, 1.82) is 0 Å².